The molecule has 0 aliphatic carbocycles. The molecule has 2 nitrogen and oxygen atoms in total. The quantitative estimate of drug-likeness (QED) is 0.727. The van der Waals surface area contributed by atoms with E-state index in [4.69, 9.17) is 34.8 Å². The minimum Gasteiger partial charge on any atom is -0.275 e. The van der Waals surface area contributed by atoms with Gasteiger partial charge in [0.05, 0.1) is 16.1 Å². The van der Waals surface area contributed by atoms with E-state index in [-0.39, 0.29) is 5.56 Å². The molecule has 5 heteroatoms. The smallest absolute Gasteiger partial charge is 0.255 e. The topological polar surface area (TPSA) is 30.0 Å². The van der Waals surface area contributed by atoms with Gasteiger partial charge in [-0.2, -0.15) is 0 Å². The zero-order valence-electron chi connectivity index (χ0n) is 7.30. The highest BCUT2D eigenvalue weighted by Crippen LogP contribution is 2.28. The molecular weight excluding hydrogens is 256 g/mol. The first-order valence-corrected chi connectivity index (χ1v) is 5.16. The SMILES string of the molecule is O=C(Cl)c1cnc2cc(Cl)ccc2c1Cl. The number of carbonyl (C=O) groups is 1. The minimum atomic E-state index is -0.621. The first kappa shape index (κ1) is 10.7. The van der Waals surface area contributed by atoms with Crippen LogP contribution in [0.4, 0.5) is 0 Å². The van der Waals surface area contributed by atoms with Gasteiger partial charge in [0.2, 0.25) is 0 Å². The summed E-state index contributed by atoms with van der Waals surface area (Å²) in [6.07, 6.45) is 1.34. The number of benzene rings is 1. The van der Waals surface area contributed by atoms with E-state index in [0.717, 1.165) is 0 Å². The van der Waals surface area contributed by atoms with Crippen molar-refractivity contribution in [2.24, 2.45) is 0 Å². The number of hydrogen-bond donors (Lipinski definition) is 0. The molecule has 0 amide bonds. The van der Waals surface area contributed by atoms with E-state index in [1.165, 1.54) is 6.20 Å². The number of nitrogens with zero attached hydrogens (tertiary/aromatic N) is 1. The third kappa shape index (κ3) is 1.93. The van der Waals surface area contributed by atoms with Crippen LogP contribution in [0.1, 0.15) is 10.4 Å². The first-order valence-electron chi connectivity index (χ1n) is 4.03. The van der Waals surface area contributed by atoms with Gasteiger partial charge in [0.25, 0.3) is 5.24 Å². The molecule has 2 rings (SSSR count). The van der Waals surface area contributed by atoms with Crippen molar-refractivity contribution in [2.45, 2.75) is 0 Å². The molecular formula is C10H4Cl3NO. The maximum absolute atomic E-state index is 11.0. The van der Waals surface area contributed by atoms with Gasteiger partial charge in [0.15, 0.2) is 0 Å². The van der Waals surface area contributed by atoms with Crippen LogP contribution in [0.3, 0.4) is 0 Å². The van der Waals surface area contributed by atoms with Crippen molar-refractivity contribution >= 4 is 50.9 Å². The van der Waals surface area contributed by atoms with Gasteiger partial charge >= 0.3 is 0 Å². The lowest BCUT2D eigenvalue weighted by Crippen LogP contribution is -1.93. The Hall–Kier alpha value is -0.830. The van der Waals surface area contributed by atoms with Crippen LogP contribution in [-0.4, -0.2) is 10.2 Å². The number of carbonyl (C=O) groups excluding carboxylic acids is 1. The van der Waals surface area contributed by atoms with Gasteiger partial charge < -0.3 is 0 Å². The molecule has 15 heavy (non-hydrogen) atoms. The predicted octanol–water partition coefficient (Wildman–Crippen LogP) is 3.92. The summed E-state index contributed by atoms with van der Waals surface area (Å²) in [4.78, 5) is 15.0. The van der Waals surface area contributed by atoms with Crippen molar-refractivity contribution in [2.75, 3.05) is 0 Å². The molecule has 0 unspecified atom stereocenters. The van der Waals surface area contributed by atoms with Crippen LogP contribution in [0.25, 0.3) is 10.9 Å². The van der Waals surface area contributed by atoms with E-state index < -0.39 is 5.24 Å². The molecule has 0 N–H and O–H groups in total. The molecule has 0 saturated carbocycles. The standard InChI is InChI=1S/C10H4Cl3NO/c11-5-1-2-6-8(3-5)14-4-7(9(6)12)10(13)15/h1-4H. The van der Waals surface area contributed by atoms with E-state index in [1.807, 2.05) is 0 Å². The summed E-state index contributed by atoms with van der Waals surface area (Å²) in [5.74, 6) is 0. The number of halogens is 3. The van der Waals surface area contributed by atoms with Crippen molar-refractivity contribution in [3.05, 3.63) is 40.0 Å². The highest BCUT2D eigenvalue weighted by molar-refractivity contribution is 6.69. The van der Waals surface area contributed by atoms with Crippen LogP contribution in [-0.2, 0) is 0 Å². The monoisotopic (exact) mass is 259 g/mol. The normalized spacial score (nSPS) is 10.6. The van der Waals surface area contributed by atoms with Crippen LogP contribution < -0.4 is 0 Å². The van der Waals surface area contributed by atoms with Crippen LogP contribution in [0.2, 0.25) is 10.0 Å². The second-order valence-corrected chi connectivity index (χ2v) is 4.08. The van der Waals surface area contributed by atoms with Gasteiger partial charge in [-0.05, 0) is 29.8 Å². The average Bonchev–Trinajstić information content (AvgIpc) is 2.17. The maximum atomic E-state index is 11.0. The lowest BCUT2D eigenvalue weighted by molar-refractivity contribution is 0.108. The summed E-state index contributed by atoms with van der Waals surface area (Å²) >= 11 is 17.1. The van der Waals surface area contributed by atoms with Gasteiger partial charge in [-0.3, -0.25) is 9.78 Å². The van der Waals surface area contributed by atoms with Gasteiger partial charge in [-0.25, -0.2) is 0 Å². The first-order chi connectivity index (χ1) is 7.09. The van der Waals surface area contributed by atoms with Crippen LogP contribution in [0.5, 0.6) is 0 Å². The van der Waals surface area contributed by atoms with E-state index in [0.29, 0.717) is 20.9 Å². The number of fused-ring (bicyclic) bond motifs is 1. The Labute approximate surface area is 101 Å². The lowest BCUT2D eigenvalue weighted by atomic mass is 10.2. The highest BCUT2D eigenvalue weighted by atomic mass is 35.5. The van der Waals surface area contributed by atoms with Crippen molar-refractivity contribution < 1.29 is 4.79 Å². The van der Waals surface area contributed by atoms with Crippen molar-refractivity contribution in [3.8, 4) is 0 Å². The Morgan fingerprint density at radius 1 is 1.27 bits per heavy atom. The van der Waals surface area contributed by atoms with Gasteiger partial charge in [0.1, 0.15) is 0 Å². The summed E-state index contributed by atoms with van der Waals surface area (Å²) in [5, 5.41) is 0.907. The fraction of sp³-hybridized carbons (Fsp3) is 0. The summed E-state index contributed by atoms with van der Waals surface area (Å²) < 4.78 is 0. The number of rotatable bonds is 1. The number of aromatic nitrogens is 1. The third-order valence-electron chi connectivity index (χ3n) is 1.98. The fourth-order valence-electron chi connectivity index (χ4n) is 1.27. The van der Waals surface area contributed by atoms with Gasteiger partial charge in [-0.15, -0.1) is 0 Å². The van der Waals surface area contributed by atoms with Gasteiger partial charge in [0, 0.05) is 16.6 Å². The zero-order valence-corrected chi connectivity index (χ0v) is 9.57. The fourth-order valence-corrected chi connectivity index (χ4v) is 1.92. The van der Waals surface area contributed by atoms with Crippen LogP contribution >= 0.6 is 34.8 Å². The summed E-state index contributed by atoms with van der Waals surface area (Å²) in [6, 6.07) is 5.06. The predicted molar refractivity (Wildman–Crippen MR) is 61.9 cm³/mol. The average molecular weight is 261 g/mol. The molecule has 0 bridgehead atoms. The molecule has 76 valence electrons. The Kier molecular flexibility index (Phi) is 2.83. The molecule has 0 aliphatic rings. The molecule has 0 saturated heterocycles. The summed E-state index contributed by atoms with van der Waals surface area (Å²) in [6.45, 7) is 0. The van der Waals surface area contributed by atoms with Crippen LogP contribution in [0.15, 0.2) is 24.4 Å². The lowest BCUT2D eigenvalue weighted by Gasteiger charge is -2.03. The maximum Gasteiger partial charge on any atom is 0.255 e. The van der Waals surface area contributed by atoms with Gasteiger partial charge in [-0.1, -0.05) is 23.2 Å². The Balaban J connectivity index is 2.80. The van der Waals surface area contributed by atoms with Crippen LogP contribution in [0, 0.1) is 0 Å². The molecule has 0 aliphatic heterocycles. The molecule has 0 fully saturated rings. The summed E-state index contributed by atoms with van der Waals surface area (Å²) in [7, 11) is 0. The Morgan fingerprint density at radius 3 is 2.67 bits per heavy atom. The van der Waals surface area contributed by atoms with Crippen molar-refractivity contribution in [1.29, 1.82) is 0 Å². The second kappa shape index (κ2) is 3.97. The molecule has 1 aromatic carbocycles. The van der Waals surface area contributed by atoms with Crippen molar-refractivity contribution in [1.82, 2.24) is 4.98 Å². The summed E-state index contributed by atoms with van der Waals surface area (Å²) in [5.41, 5.74) is 0.835. The minimum absolute atomic E-state index is 0.202. The van der Waals surface area contributed by atoms with E-state index in [9.17, 15) is 4.79 Å². The molecule has 2 aromatic rings. The number of pyridine rings is 1. The van der Waals surface area contributed by atoms with E-state index in [2.05, 4.69) is 4.98 Å². The second-order valence-electron chi connectivity index (χ2n) is 2.92. The highest BCUT2D eigenvalue weighted by Gasteiger charge is 2.11. The van der Waals surface area contributed by atoms with E-state index >= 15 is 0 Å². The zero-order chi connectivity index (χ0) is 11.0. The number of hydrogen-bond acceptors (Lipinski definition) is 2. The Bertz CT molecular complexity index is 554. The largest absolute Gasteiger partial charge is 0.275 e. The Morgan fingerprint density at radius 2 is 2.00 bits per heavy atom. The molecule has 0 radical (unpaired) electrons. The molecule has 0 spiro atoms. The molecule has 0 atom stereocenters. The van der Waals surface area contributed by atoms with E-state index in [1.54, 1.807) is 18.2 Å². The molecule has 1 aromatic heterocycles. The molecule has 1 heterocycles. The third-order valence-corrected chi connectivity index (χ3v) is 2.82. The van der Waals surface area contributed by atoms with Crippen molar-refractivity contribution in [3.63, 3.8) is 0 Å².